The summed E-state index contributed by atoms with van der Waals surface area (Å²) in [5, 5.41) is 0. The predicted molar refractivity (Wildman–Crippen MR) is 77.3 cm³/mol. The summed E-state index contributed by atoms with van der Waals surface area (Å²) in [6, 6.07) is 12.8. The van der Waals surface area contributed by atoms with Crippen LogP contribution >= 0.6 is 27.7 Å². The van der Waals surface area contributed by atoms with Crippen LogP contribution < -0.4 is 5.73 Å². The van der Waals surface area contributed by atoms with Crippen molar-refractivity contribution >= 4 is 27.7 Å². The highest BCUT2D eigenvalue weighted by molar-refractivity contribution is 9.10. The van der Waals surface area contributed by atoms with Crippen LogP contribution in [0.5, 0.6) is 0 Å². The number of hydrogen-bond donors (Lipinski definition) is 1. The van der Waals surface area contributed by atoms with Gasteiger partial charge in [-0.15, -0.1) is 0 Å². The molecular weight excluding hydrogens is 313 g/mol. The Bertz CT molecular complexity index is 557. The van der Waals surface area contributed by atoms with Crippen molar-refractivity contribution in [2.24, 2.45) is 5.73 Å². The highest BCUT2D eigenvalue weighted by Gasteiger charge is 2.09. The molecule has 0 bridgehead atoms. The van der Waals surface area contributed by atoms with Crippen LogP contribution in [0, 0.1) is 5.82 Å². The van der Waals surface area contributed by atoms with Crippen molar-refractivity contribution in [3.8, 4) is 0 Å². The molecule has 0 aliphatic rings. The minimum Gasteiger partial charge on any atom is -0.324 e. The fourth-order valence-electron chi connectivity index (χ4n) is 1.53. The van der Waals surface area contributed by atoms with Gasteiger partial charge < -0.3 is 5.73 Å². The molecule has 4 heteroatoms. The van der Waals surface area contributed by atoms with E-state index in [-0.39, 0.29) is 11.9 Å². The number of halogens is 2. The lowest BCUT2D eigenvalue weighted by molar-refractivity contribution is 0.596. The number of benzene rings is 2. The topological polar surface area (TPSA) is 26.0 Å². The summed E-state index contributed by atoms with van der Waals surface area (Å²) in [7, 11) is 0. The van der Waals surface area contributed by atoms with E-state index in [4.69, 9.17) is 5.73 Å². The Morgan fingerprint density at radius 1 is 1.17 bits per heavy atom. The fourth-order valence-corrected chi connectivity index (χ4v) is 2.90. The van der Waals surface area contributed by atoms with Gasteiger partial charge in [0.2, 0.25) is 0 Å². The van der Waals surface area contributed by atoms with Gasteiger partial charge in [-0.25, -0.2) is 4.39 Å². The minimum absolute atomic E-state index is 0.151. The van der Waals surface area contributed by atoms with Gasteiger partial charge in [0.1, 0.15) is 5.82 Å². The van der Waals surface area contributed by atoms with E-state index in [0.29, 0.717) is 4.90 Å². The summed E-state index contributed by atoms with van der Waals surface area (Å²) in [6.07, 6.45) is 0. The Balaban J connectivity index is 2.28. The second-order valence-electron chi connectivity index (χ2n) is 4.01. The van der Waals surface area contributed by atoms with Crippen molar-refractivity contribution in [2.45, 2.75) is 22.8 Å². The number of rotatable bonds is 3. The molecule has 2 aromatic carbocycles. The number of nitrogens with two attached hydrogens (primary N) is 1. The Morgan fingerprint density at radius 3 is 2.50 bits per heavy atom. The van der Waals surface area contributed by atoms with Crippen LogP contribution in [0.3, 0.4) is 0 Å². The molecule has 0 aliphatic carbocycles. The fraction of sp³-hybridized carbons (Fsp3) is 0.143. The average Bonchev–Trinajstić information content (AvgIpc) is 2.34. The summed E-state index contributed by atoms with van der Waals surface area (Å²) in [5.41, 5.74) is 6.54. The van der Waals surface area contributed by atoms with Crippen LogP contribution in [0.4, 0.5) is 4.39 Å². The maximum atomic E-state index is 13.9. The van der Waals surface area contributed by atoms with Crippen molar-refractivity contribution in [1.82, 2.24) is 0 Å². The predicted octanol–water partition coefficient (Wildman–Crippen LogP) is 4.76. The second-order valence-corrected chi connectivity index (χ2v) is 5.95. The van der Waals surface area contributed by atoms with Gasteiger partial charge in [-0.05, 0) is 52.7 Å². The van der Waals surface area contributed by atoms with Crippen LogP contribution in [0.2, 0.25) is 0 Å². The molecule has 1 atom stereocenters. The highest BCUT2D eigenvalue weighted by atomic mass is 79.9. The van der Waals surface area contributed by atoms with Crippen molar-refractivity contribution in [1.29, 1.82) is 0 Å². The average molecular weight is 326 g/mol. The van der Waals surface area contributed by atoms with E-state index in [1.807, 2.05) is 37.3 Å². The SMILES string of the molecule is C[C@H](N)c1ccc(Sc2ccccc2Br)c(F)c1. The molecule has 0 heterocycles. The normalized spacial score (nSPS) is 12.4. The first-order chi connectivity index (χ1) is 8.58. The van der Waals surface area contributed by atoms with Crippen LogP contribution in [0.25, 0.3) is 0 Å². The Morgan fingerprint density at radius 2 is 1.89 bits per heavy atom. The van der Waals surface area contributed by atoms with Crippen molar-refractivity contribution in [3.63, 3.8) is 0 Å². The molecule has 1 nitrogen and oxygen atoms in total. The van der Waals surface area contributed by atoms with Gasteiger partial charge in [0.15, 0.2) is 0 Å². The molecule has 0 spiro atoms. The molecule has 0 aliphatic heterocycles. The monoisotopic (exact) mass is 325 g/mol. The third kappa shape index (κ3) is 3.13. The molecular formula is C14H13BrFNS. The zero-order valence-electron chi connectivity index (χ0n) is 9.86. The summed E-state index contributed by atoms with van der Waals surface area (Å²) in [5.74, 6) is -0.231. The molecule has 0 fully saturated rings. The molecule has 2 rings (SSSR count). The lowest BCUT2D eigenvalue weighted by atomic mass is 10.1. The molecule has 2 N–H and O–H groups in total. The Labute approximate surface area is 119 Å². The Kier molecular flexibility index (Phi) is 4.43. The number of hydrogen-bond acceptors (Lipinski definition) is 2. The van der Waals surface area contributed by atoms with E-state index < -0.39 is 0 Å². The zero-order chi connectivity index (χ0) is 13.1. The highest BCUT2D eigenvalue weighted by Crippen LogP contribution is 2.35. The molecule has 0 amide bonds. The largest absolute Gasteiger partial charge is 0.324 e. The van der Waals surface area contributed by atoms with Gasteiger partial charge in [-0.3, -0.25) is 0 Å². The third-order valence-electron chi connectivity index (χ3n) is 2.54. The zero-order valence-corrected chi connectivity index (χ0v) is 12.3. The molecule has 0 aromatic heterocycles. The van der Waals surface area contributed by atoms with Crippen LogP contribution in [0.1, 0.15) is 18.5 Å². The summed E-state index contributed by atoms with van der Waals surface area (Å²) >= 11 is 4.85. The van der Waals surface area contributed by atoms with Gasteiger partial charge in [0, 0.05) is 20.3 Å². The van der Waals surface area contributed by atoms with E-state index in [1.165, 1.54) is 17.8 Å². The molecule has 18 heavy (non-hydrogen) atoms. The van der Waals surface area contributed by atoms with Gasteiger partial charge in [0.25, 0.3) is 0 Å². The Hall–Kier alpha value is -0.840. The van der Waals surface area contributed by atoms with Crippen molar-refractivity contribution in [2.75, 3.05) is 0 Å². The molecule has 94 valence electrons. The van der Waals surface area contributed by atoms with Gasteiger partial charge in [-0.2, -0.15) is 0 Å². The first-order valence-corrected chi connectivity index (χ1v) is 7.16. The van der Waals surface area contributed by atoms with E-state index in [0.717, 1.165) is 14.9 Å². The third-order valence-corrected chi connectivity index (χ3v) is 4.62. The molecule has 0 unspecified atom stereocenters. The van der Waals surface area contributed by atoms with E-state index in [1.54, 1.807) is 6.07 Å². The molecule has 0 saturated heterocycles. The van der Waals surface area contributed by atoms with Gasteiger partial charge in [-0.1, -0.05) is 30.0 Å². The van der Waals surface area contributed by atoms with E-state index in [2.05, 4.69) is 15.9 Å². The lowest BCUT2D eigenvalue weighted by Gasteiger charge is -2.09. The minimum atomic E-state index is -0.231. The molecule has 0 radical (unpaired) electrons. The second kappa shape index (κ2) is 5.87. The van der Waals surface area contributed by atoms with Crippen LogP contribution in [-0.4, -0.2) is 0 Å². The summed E-state index contributed by atoms with van der Waals surface area (Å²) in [4.78, 5) is 1.59. The lowest BCUT2D eigenvalue weighted by Crippen LogP contribution is -2.05. The first-order valence-electron chi connectivity index (χ1n) is 5.55. The van der Waals surface area contributed by atoms with E-state index >= 15 is 0 Å². The smallest absolute Gasteiger partial charge is 0.137 e. The maximum Gasteiger partial charge on any atom is 0.137 e. The van der Waals surface area contributed by atoms with Gasteiger partial charge in [0.05, 0.1) is 0 Å². The maximum absolute atomic E-state index is 13.9. The standard InChI is InChI=1S/C14H13BrFNS/c1-9(17)10-6-7-14(12(16)8-10)18-13-5-3-2-4-11(13)15/h2-9H,17H2,1H3/t9-/m0/s1. The quantitative estimate of drug-likeness (QED) is 0.880. The molecule has 0 saturated carbocycles. The molecule has 2 aromatic rings. The van der Waals surface area contributed by atoms with Crippen LogP contribution in [0.15, 0.2) is 56.7 Å². The van der Waals surface area contributed by atoms with Crippen LogP contribution in [-0.2, 0) is 0 Å². The first kappa shape index (κ1) is 13.6. The summed E-state index contributed by atoms with van der Waals surface area (Å²) < 4.78 is 14.9. The van der Waals surface area contributed by atoms with Crippen molar-refractivity contribution in [3.05, 3.63) is 58.3 Å². The van der Waals surface area contributed by atoms with Gasteiger partial charge >= 0.3 is 0 Å². The van der Waals surface area contributed by atoms with Crippen molar-refractivity contribution < 1.29 is 4.39 Å². The summed E-state index contributed by atoms with van der Waals surface area (Å²) in [6.45, 7) is 1.84. The van der Waals surface area contributed by atoms with E-state index in [9.17, 15) is 4.39 Å².